The van der Waals surface area contributed by atoms with E-state index < -0.39 is 11.7 Å². The van der Waals surface area contributed by atoms with Gasteiger partial charge in [0.05, 0.1) is 6.54 Å². The molecule has 0 spiro atoms. The normalized spacial score (nSPS) is 11.0. The summed E-state index contributed by atoms with van der Waals surface area (Å²) < 4.78 is 14.6. The predicted octanol–water partition coefficient (Wildman–Crippen LogP) is 4.66. The third-order valence-corrected chi connectivity index (χ3v) is 6.25. The van der Waals surface area contributed by atoms with Crippen molar-refractivity contribution in [1.29, 1.82) is 0 Å². The minimum atomic E-state index is -0.459. The Morgan fingerprint density at radius 2 is 1.97 bits per heavy atom. The predicted molar refractivity (Wildman–Crippen MR) is 130 cm³/mol. The number of halogens is 1. The number of aromatic nitrogens is 4. The van der Waals surface area contributed by atoms with Gasteiger partial charge in [-0.15, -0.1) is 0 Å². The molecule has 0 aliphatic carbocycles. The summed E-state index contributed by atoms with van der Waals surface area (Å²) in [5.74, 6) is -0.863. The van der Waals surface area contributed by atoms with Gasteiger partial charge in [0.25, 0.3) is 11.5 Å². The maximum Gasteiger partial charge on any atom is 0.276 e. The van der Waals surface area contributed by atoms with Crippen molar-refractivity contribution >= 4 is 33.3 Å². The SMILES string of the molecule is Cc1ccc(-c2nc3cccnc3s2)cc1NC(=O)c1ccc(=O)n(Cc2cccc(F)c2)n1. The lowest BCUT2D eigenvalue weighted by molar-refractivity contribution is 0.102. The lowest BCUT2D eigenvalue weighted by Crippen LogP contribution is -2.26. The standard InChI is InChI=1S/C25H18FN5O2S/c1-15-7-8-17(24-29-20-6-3-11-27-25(20)34-24)13-21(15)28-23(33)19-9-10-22(32)31(30-19)14-16-4-2-5-18(26)12-16/h2-13H,14H2,1H3,(H,28,33). The second kappa shape index (κ2) is 8.95. The third kappa shape index (κ3) is 4.46. The van der Waals surface area contributed by atoms with Crippen LogP contribution in [0.2, 0.25) is 0 Å². The highest BCUT2D eigenvalue weighted by molar-refractivity contribution is 7.21. The van der Waals surface area contributed by atoms with E-state index in [9.17, 15) is 14.0 Å². The van der Waals surface area contributed by atoms with Crippen LogP contribution >= 0.6 is 11.3 Å². The first-order chi connectivity index (χ1) is 16.5. The first kappa shape index (κ1) is 21.6. The Kier molecular flexibility index (Phi) is 5.69. The molecule has 3 aromatic heterocycles. The number of rotatable bonds is 5. The second-order valence-electron chi connectivity index (χ2n) is 7.67. The van der Waals surface area contributed by atoms with Gasteiger partial charge in [-0.3, -0.25) is 9.59 Å². The van der Waals surface area contributed by atoms with E-state index in [4.69, 9.17) is 0 Å². The number of carbonyl (C=O) groups is 1. The zero-order valence-corrected chi connectivity index (χ0v) is 18.8. The fraction of sp³-hybridized carbons (Fsp3) is 0.0800. The Morgan fingerprint density at radius 3 is 2.79 bits per heavy atom. The van der Waals surface area contributed by atoms with Crippen LogP contribution < -0.4 is 10.9 Å². The maximum atomic E-state index is 13.5. The molecule has 0 atom stereocenters. The number of aryl methyl sites for hydroxylation is 1. The van der Waals surface area contributed by atoms with E-state index in [2.05, 4.69) is 20.4 Å². The van der Waals surface area contributed by atoms with E-state index in [0.29, 0.717) is 11.3 Å². The number of hydrogen-bond acceptors (Lipinski definition) is 6. The number of thiazole rings is 1. The van der Waals surface area contributed by atoms with E-state index in [-0.39, 0.29) is 17.8 Å². The van der Waals surface area contributed by atoms with Crippen LogP contribution in [0.25, 0.3) is 20.9 Å². The van der Waals surface area contributed by atoms with Crippen LogP contribution in [0.3, 0.4) is 0 Å². The summed E-state index contributed by atoms with van der Waals surface area (Å²) in [6, 6.07) is 18.0. The molecule has 0 saturated heterocycles. The molecule has 0 aliphatic heterocycles. The summed E-state index contributed by atoms with van der Waals surface area (Å²) in [4.78, 5) is 35.0. The van der Waals surface area contributed by atoms with Gasteiger partial charge < -0.3 is 5.32 Å². The molecule has 0 aliphatic rings. The average molecular weight is 472 g/mol. The van der Waals surface area contributed by atoms with Crippen LogP contribution in [0.5, 0.6) is 0 Å². The summed E-state index contributed by atoms with van der Waals surface area (Å²) in [5.41, 5.74) is 3.41. The molecule has 0 unspecified atom stereocenters. The minimum Gasteiger partial charge on any atom is -0.320 e. The lowest BCUT2D eigenvalue weighted by Gasteiger charge is -2.11. The molecule has 7 nitrogen and oxygen atoms in total. The van der Waals surface area contributed by atoms with Gasteiger partial charge in [-0.25, -0.2) is 19.0 Å². The van der Waals surface area contributed by atoms with Crippen molar-refractivity contribution < 1.29 is 9.18 Å². The fourth-order valence-corrected chi connectivity index (χ4v) is 4.36. The van der Waals surface area contributed by atoms with Gasteiger partial charge >= 0.3 is 0 Å². The number of nitrogens with zero attached hydrogens (tertiary/aromatic N) is 4. The van der Waals surface area contributed by atoms with Gasteiger partial charge in [-0.05, 0) is 54.4 Å². The highest BCUT2D eigenvalue weighted by Gasteiger charge is 2.14. The zero-order chi connectivity index (χ0) is 23.7. The average Bonchev–Trinajstić information content (AvgIpc) is 3.26. The molecule has 0 saturated carbocycles. The molecule has 9 heteroatoms. The van der Waals surface area contributed by atoms with Crippen molar-refractivity contribution in [2.75, 3.05) is 5.32 Å². The summed E-state index contributed by atoms with van der Waals surface area (Å²) in [6.07, 6.45) is 1.73. The number of benzene rings is 2. The number of anilines is 1. The molecule has 1 N–H and O–H groups in total. The number of hydrogen-bond donors (Lipinski definition) is 1. The first-order valence-electron chi connectivity index (χ1n) is 10.4. The molecule has 0 bridgehead atoms. The molecule has 0 fully saturated rings. The minimum absolute atomic E-state index is 0.0534. The van der Waals surface area contributed by atoms with Crippen molar-refractivity contribution in [3.63, 3.8) is 0 Å². The monoisotopic (exact) mass is 471 g/mol. The van der Waals surface area contributed by atoms with E-state index >= 15 is 0 Å². The number of fused-ring (bicyclic) bond motifs is 1. The van der Waals surface area contributed by atoms with Crippen LogP contribution in [-0.4, -0.2) is 25.7 Å². The molecule has 5 rings (SSSR count). The van der Waals surface area contributed by atoms with Crippen LogP contribution in [0.15, 0.2) is 77.7 Å². The van der Waals surface area contributed by atoms with Crippen molar-refractivity contribution in [3.8, 4) is 10.6 Å². The highest BCUT2D eigenvalue weighted by atomic mass is 32.1. The van der Waals surface area contributed by atoms with E-state index in [1.54, 1.807) is 18.3 Å². The number of carbonyl (C=O) groups excluding carboxylic acids is 1. The van der Waals surface area contributed by atoms with Gasteiger partial charge in [-0.1, -0.05) is 35.6 Å². The van der Waals surface area contributed by atoms with Gasteiger partial charge in [0.2, 0.25) is 0 Å². The molecule has 5 aromatic rings. The smallest absolute Gasteiger partial charge is 0.276 e. The highest BCUT2D eigenvalue weighted by Crippen LogP contribution is 2.31. The quantitative estimate of drug-likeness (QED) is 0.403. The number of nitrogens with one attached hydrogen (secondary N) is 1. The van der Waals surface area contributed by atoms with E-state index in [1.165, 1.54) is 35.6 Å². The van der Waals surface area contributed by atoms with Crippen molar-refractivity contribution in [1.82, 2.24) is 19.7 Å². The summed E-state index contributed by atoms with van der Waals surface area (Å²) in [7, 11) is 0. The van der Waals surface area contributed by atoms with Crippen LogP contribution in [-0.2, 0) is 6.54 Å². The molecule has 3 heterocycles. The summed E-state index contributed by atoms with van der Waals surface area (Å²) in [6.45, 7) is 1.94. The molecular formula is C25H18FN5O2S. The largest absolute Gasteiger partial charge is 0.320 e. The Balaban J connectivity index is 1.41. The third-order valence-electron chi connectivity index (χ3n) is 5.22. The number of pyridine rings is 1. The molecule has 1 amide bonds. The van der Waals surface area contributed by atoms with Gasteiger partial charge in [0.15, 0.2) is 0 Å². The first-order valence-corrected chi connectivity index (χ1v) is 11.2. The lowest BCUT2D eigenvalue weighted by atomic mass is 10.1. The zero-order valence-electron chi connectivity index (χ0n) is 18.0. The van der Waals surface area contributed by atoms with Crippen LogP contribution in [0, 0.1) is 12.7 Å². The molecule has 0 radical (unpaired) electrons. The van der Waals surface area contributed by atoms with E-state index in [1.807, 2.05) is 37.3 Å². The Morgan fingerprint density at radius 1 is 1.09 bits per heavy atom. The van der Waals surface area contributed by atoms with Crippen LogP contribution in [0.4, 0.5) is 10.1 Å². The van der Waals surface area contributed by atoms with Crippen LogP contribution in [0.1, 0.15) is 21.6 Å². The van der Waals surface area contributed by atoms with Gasteiger partial charge in [0, 0.05) is 23.5 Å². The Hall–Kier alpha value is -4.24. The molecule has 34 heavy (non-hydrogen) atoms. The van der Waals surface area contributed by atoms with Gasteiger partial charge in [0.1, 0.15) is 26.9 Å². The number of amides is 1. The van der Waals surface area contributed by atoms with Crippen molar-refractivity contribution in [2.45, 2.75) is 13.5 Å². The molecular weight excluding hydrogens is 453 g/mol. The van der Waals surface area contributed by atoms with Crippen molar-refractivity contribution in [3.05, 3.63) is 106 Å². The fourth-order valence-electron chi connectivity index (χ4n) is 3.46. The van der Waals surface area contributed by atoms with Crippen molar-refractivity contribution in [2.24, 2.45) is 0 Å². The van der Waals surface area contributed by atoms with Gasteiger partial charge in [-0.2, -0.15) is 5.10 Å². The molecule has 168 valence electrons. The van der Waals surface area contributed by atoms with E-state index in [0.717, 1.165) is 31.2 Å². The molecule has 2 aromatic carbocycles. The second-order valence-corrected chi connectivity index (χ2v) is 8.65. The Bertz CT molecular complexity index is 1560. The summed E-state index contributed by atoms with van der Waals surface area (Å²) in [5, 5.41) is 7.86. The maximum absolute atomic E-state index is 13.5. The summed E-state index contributed by atoms with van der Waals surface area (Å²) >= 11 is 1.47. The topological polar surface area (TPSA) is 89.8 Å². The Labute approximate surface area is 197 Å².